The van der Waals surface area contributed by atoms with Crippen molar-refractivity contribution in [3.05, 3.63) is 64.9 Å². The second kappa shape index (κ2) is 12.0. The summed E-state index contributed by atoms with van der Waals surface area (Å²) < 4.78 is 42.5. The van der Waals surface area contributed by atoms with Crippen molar-refractivity contribution in [2.75, 3.05) is 24.9 Å². The van der Waals surface area contributed by atoms with Crippen LogP contribution < -0.4 is 9.62 Å². The van der Waals surface area contributed by atoms with Crippen LogP contribution in [0, 0.1) is 5.82 Å². The minimum absolute atomic E-state index is 0.0270. The van der Waals surface area contributed by atoms with Gasteiger partial charge < -0.3 is 10.2 Å². The molecule has 0 unspecified atom stereocenters. The van der Waals surface area contributed by atoms with Crippen LogP contribution in [-0.2, 0) is 26.3 Å². The number of carbonyl (C=O) groups is 2. The summed E-state index contributed by atoms with van der Waals surface area (Å²) >= 11 is 6.00. The average molecular weight is 541 g/mol. The van der Waals surface area contributed by atoms with Gasteiger partial charge in [-0.3, -0.25) is 9.59 Å². The number of para-hydroxylation sites is 1. The largest absolute Gasteiger partial charge is 0.350 e. The van der Waals surface area contributed by atoms with Crippen LogP contribution in [0.4, 0.5) is 10.1 Å². The van der Waals surface area contributed by atoms with Gasteiger partial charge in [0.15, 0.2) is 0 Å². The Balaban J connectivity index is 2.53. The summed E-state index contributed by atoms with van der Waals surface area (Å²) in [6, 6.07) is 11.2. The fraction of sp³-hybridized carbons (Fsp3) is 0.440. The summed E-state index contributed by atoms with van der Waals surface area (Å²) in [5, 5.41) is 3.40. The first-order chi connectivity index (χ1) is 16.7. The second-order valence-corrected chi connectivity index (χ2v) is 12.1. The van der Waals surface area contributed by atoms with Gasteiger partial charge in [0.2, 0.25) is 11.8 Å². The molecule has 8 nitrogen and oxygen atoms in total. The lowest BCUT2D eigenvalue weighted by Crippen LogP contribution is -2.55. The van der Waals surface area contributed by atoms with Crippen LogP contribution in [0.2, 0.25) is 5.02 Å². The molecule has 0 bridgehead atoms. The Kier molecular flexibility index (Phi) is 9.87. The molecular formula is C25H34ClFN4O4S. The topological polar surface area (TPSA) is 90.0 Å². The minimum atomic E-state index is -4.24. The molecule has 0 saturated carbocycles. The molecule has 0 fully saturated rings. The number of nitrogens with zero attached hydrogens (tertiary/aromatic N) is 3. The first kappa shape index (κ1) is 29.5. The van der Waals surface area contributed by atoms with Gasteiger partial charge in [-0.25, -0.2) is 8.70 Å². The Hall–Kier alpha value is -2.69. The molecule has 36 heavy (non-hydrogen) atoms. The van der Waals surface area contributed by atoms with Crippen LogP contribution >= 0.6 is 11.6 Å². The van der Waals surface area contributed by atoms with E-state index in [1.54, 1.807) is 31.2 Å². The van der Waals surface area contributed by atoms with Gasteiger partial charge in [-0.05, 0) is 57.0 Å². The van der Waals surface area contributed by atoms with Crippen LogP contribution in [0.5, 0.6) is 0 Å². The third-order valence-corrected chi connectivity index (χ3v) is 7.35. The van der Waals surface area contributed by atoms with E-state index >= 15 is 0 Å². The molecule has 1 atom stereocenters. The van der Waals surface area contributed by atoms with Crippen LogP contribution in [0.3, 0.4) is 0 Å². The lowest BCUT2D eigenvalue weighted by Gasteiger charge is -2.35. The van der Waals surface area contributed by atoms with E-state index < -0.39 is 40.1 Å². The van der Waals surface area contributed by atoms with Crippen molar-refractivity contribution in [3.8, 4) is 0 Å². The summed E-state index contributed by atoms with van der Waals surface area (Å²) in [6.07, 6.45) is 0.279. The summed E-state index contributed by atoms with van der Waals surface area (Å²) in [7, 11) is -1.65. The number of benzene rings is 2. The molecule has 198 valence electrons. The predicted octanol–water partition coefficient (Wildman–Crippen LogP) is 3.81. The monoisotopic (exact) mass is 540 g/mol. The van der Waals surface area contributed by atoms with Gasteiger partial charge >= 0.3 is 10.2 Å². The van der Waals surface area contributed by atoms with Crippen molar-refractivity contribution in [2.45, 2.75) is 52.2 Å². The van der Waals surface area contributed by atoms with Crippen molar-refractivity contribution < 1.29 is 22.4 Å². The normalized spacial score (nSPS) is 12.8. The van der Waals surface area contributed by atoms with Crippen molar-refractivity contribution in [1.29, 1.82) is 0 Å². The van der Waals surface area contributed by atoms with Crippen LogP contribution in [0.15, 0.2) is 48.5 Å². The number of anilines is 1. The number of rotatable bonds is 10. The molecule has 0 aliphatic heterocycles. The number of hydrogen-bond acceptors (Lipinski definition) is 4. The fourth-order valence-corrected chi connectivity index (χ4v) is 4.71. The molecule has 0 saturated heterocycles. The SMILES string of the molecule is CC[C@H](C(=O)NC(C)(C)C)N(Cc1ccc(Cl)cc1)C(=O)CN(c1ccccc1F)S(=O)(=O)N(C)C. The zero-order valence-corrected chi connectivity index (χ0v) is 23.0. The van der Waals surface area contributed by atoms with E-state index in [-0.39, 0.29) is 24.6 Å². The maximum absolute atomic E-state index is 14.7. The Morgan fingerprint density at radius 1 is 1.06 bits per heavy atom. The van der Waals surface area contributed by atoms with Crippen LogP contribution in [0.1, 0.15) is 39.7 Å². The third kappa shape index (κ3) is 7.65. The van der Waals surface area contributed by atoms with Crippen molar-refractivity contribution >= 4 is 39.3 Å². The molecule has 0 radical (unpaired) electrons. The van der Waals surface area contributed by atoms with E-state index in [2.05, 4.69) is 5.32 Å². The summed E-state index contributed by atoms with van der Waals surface area (Å²) in [5.41, 5.74) is -0.117. The molecule has 0 aliphatic carbocycles. The zero-order valence-electron chi connectivity index (χ0n) is 21.5. The molecule has 0 heterocycles. The number of carbonyl (C=O) groups excluding carboxylic acids is 2. The van der Waals surface area contributed by atoms with Gasteiger partial charge in [0.1, 0.15) is 18.4 Å². The second-order valence-electron chi connectivity index (χ2n) is 9.56. The standard InChI is InChI=1S/C25H34ClFN4O4S/c1-7-21(24(33)28-25(2,3)4)30(16-18-12-14-19(26)15-13-18)23(32)17-31(36(34,35)29(5)6)22-11-9-8-10-20(22)27/h8-15,21H,7,16-17H2,1-6H3,(H,28,33)/t21-/m1/s1. The van der Waals surface area contributed by atoms with Crippen LogP contribution in [0.25, 0.3) is 0 Å². The highest BCUT2D eigenvalue weighted by Gasteiger charge is 2.35. The van der Waals surface area contributed by atoms with Gasteiger partial charge in [-0.1, -0.05) is 42.8 Å². The predicted molar refractivity (Wildman–Crippen MR) is 140 cm³/mol. The third-order valence-electron chi connectivity index (χ3n) is 5.29. The van der Waals surface area contributed by atoms with Gasteiger partial charge in [0.05, 0.1) is 5.69 Å². The van der Waals surface area contributed by atoms with Crippen molar-refractivity contribution in [3.63, 3.8) is 0 Å². The smallest absolute Gasteiger partial charge is 0.304 e. The maximum Gasteiger partial charge on any atom is 0.304 e. The Labute approximate surface area is 218 Å². The lowest BCUT2D eigenvalue weighted by molar-refractivity contribution is -0.141. The van der Waals surface area contributed by atoms with E-state index in [4.69, 9.17) is 11.6 Å². The molecule has 1 N–H and O–H groups in total. The quantitative estimate of drug-likeness (QED) is 0.496. The van der Waals surface area contributed by atoms with E-state index in [0.29, 0.717) is 14.9 Å². The Morgan fingerprint density at radius 3 is 2.14 bits per heavy atom. The first-order valence-electron chi connectivity index (χ1n) is 11.5. The van der Waals surface area contributed by atoms with Gasteiger partial charge in [0.25, 0.3) is 0 Å². The van der Waals surface area contributed by atoms with Gasteiger partial charge in [0, 0.05) is 31.2 Å². The average Bonchev–Trinajstić information content (AvgIpc) is 2.77. The summed E-state index contributed by atoms with van der Waals surface area (Å²) in [6.45, 7) is 6.57. The molecule has 0 aromatic heterocycles. The molecule has 2 aromatic rings. The number of halogens is 2. The lowest BCUT2D eigenvalue weighted by atomic mass is 10.1. The molecule has 2 aromatic carbocycles. The van der Waals surface area contributed by atoms with E-state index in [1.807, 2.05) is 20.8 Å². The number of amides is 2. The van der Waals surface area contributed by atoms with E-state index in [1.165, 1.54) is 37.2 Å². The molecular weight excluding hydrogens is 507 g/mol. The fourth-order valence-electron chi connectivity index (χ4n) is 3.51. The molecule has 2 rings (SSSR count). The zero-order chi connectivity index (χ0) is 27.3. The molecule has 2 amide bonds. The van der Waals surface area contributed by atoms with E-state index in [9.17, 15) is 22.4 Å². The summed E-state index contributed by atoms with van der Waals surface area (Å²) in [5.74, 6) is -1.83. The summed E-state index contributed by atoms with van der Waals surface area (Å²) in [4.78, 5) is 28.2. The van der Waals surface area contributed by atoms with Crippen molar-refractivity contribution in [2.24, 2.45) is 0 Å². The number of nitrogens with one attached hydrogen (secondary N) is 1. The van der Waals surface area contributed by atoms with Crippen molar-refractivity contribution in [1.82, 2.24) is 14.5 Å². The molecule has 0 aliphatic rings. The maximum atomic E-state index is 14.7. The first-order valence-corrected chi connectivity index (χ1v) is 13.3. The molecule has 0 spiro atoms. The Morgan fingerprint density at radius 2 is 1.64 bits per heavy atom. The van der Waals surface area contributed by atoms with Gasteiger partial charge in [-0.15, -0.1) is 0 Å². The highest BCUT2D eigenvalue weighted by molar-refractivity contribution is 7.90. The number of hydrogen-bond donors (Lipinski definition) is 1. The van der Waals surface area contributed by atoms with Crippen LogP contribution in [-0.4, -0.2) is 61.7 Å². The highest BCUT2D eigenvalue weighted by Crippen LogP contribution is 2.24. The highest BCUT2D eigenvalue weighted by atomic mass is 35.5. The molecule has 11 heteroatoms. The van der Waals surface area contributed by atoms with E-state index in [0.717, 1.165) is 10.4 Å². The van der Waals surface area contributed by atoms with Gasteiger partial charge in [-0.2, -0.15) is 12.7 Å². The Bertz CT molecular complexity index is 1170. The minimum Gasteiger partial charge on any atom is -0.350 e.